The van der Waals surface area contributed by atoms with Crippen molar-refractivity contribution in [3.8, 4) is 0 Å². The Bertz CT molecular complexity index is 667. The highest BCUT2D eigenvalue weighted by atomic mass is 16.7. The van der Waals surface area contributed by atoms with Gasteiger partial charge in [0.2, 0.25) is 0 Å². The molecule has 2 aliphatic rings. The molecule has 1 fully saturated rings. The number of hydrogen-bond donors (Lipinski definition) is 1. The minimum Gasteiger partial charge on any atom is -0.343 e. The summed E-state index contributed by atoms with van der Waals surface area (Å²) in [5, 5.41) is 4.30. The van der Waals surface area contributed by atoms with E-state index in [1.54, 1.807) is 34.8 Å². The first-order valence-electron chi connectivity index (χ1n) is 6.91. The van der Waals surface area contributed by atoms with Crippen molar-refractivity contribution in [3.05, 3.63) is 17.5 Å². The van der Waals surface area contributed by atoms with Gasteiger partial charge in [-0.25, -0.2) is 10.3 Å². The molecule has 1 saturated heterocycles. The van der Waals surface area contributed by atoms with Crippen molar-refractivity contribution in [2.24, 2.45) is 12.0 Å². The third-order valence-corrected chi connectivity index (χ3v) is 4.13. The molecule has 1 aromatic heterocycles. The van der Waals surface area contributed by atoms with Crippen LogP contribution in [0, 0.1) is 0 Å². The topological polar surface area (TPSA) is 92.1 Å². The zero-order chi connectivity index (χ0) is 16.0. The number of carbonyl (C=O) groups is 2. The van der Waals surface area contributed by atoms with E-state index in [9.17, 15) is 9.59 Å². The molecule has 2 aliphatic heterocycles. The predicted octanol–water partition coefficient (Wildman–Crippen LogP) is -0.0207. The lowest BCUT2D eigenvalue weighted by molar-refractivity contribution is -0.145. The highest BCUT2D eigenvalue weighted by molar-refractivity contribution is 5.94. The number of urea groups is 1. The summed E-state index contributed by atoms with van der Waals surface area (Å²) in [4.78, 5) is 35.9. The summed E-state index contributed by atoms with van der Waals surface area (Å²) in [6.07, 6.45) is 1.78. The van der Waals surface area contributed by atoms with Gasteiger partial charge in [-0.3, -0.25) is 14.5 Å². The van der Waals surface area contributed by atoms with Gasteiger partial charge in [0.05, 0.1) is 17.9 Å². The molecule has 0 aromatic carbocycles. The third-order valence-electron chi connectivity index (χ3n) is 4.13. The average Bonchev–Trinajstić information content (AvgIpc) is 2.98. The second-order valence-electron chi connectivity index (χ2n) is 5.38. The van der Waals surface area contributed by atoms with E-state index in [1.807, 2.05) is 7.05 Å². The monoisotopic (exact) mass is 306 g/mol. The molecule has 2 atom stereocenters. The largest absolute Gasteiger partial charge is 0.343 e. The van der Waals surface area contributed by atoms with Gasteiger partial charge in [-0.1, -0.05) is 0 Å². The van der Waals surface area contributed by atoms with Crippen LogP contribution in [0.25, 0.3) is 0 Å². The Kier molecular flexibility index (Phi) is 3.27. The van der Waals surface area contributed by atoms with E-state index in [1.165, 1.54) is 6.92 Å². The number of nitrogens with zero attached hydrogens (tertiary/aromatic N) is 5. The van der Waals surface area contributed by atoms with Gasteiger partial charge in [-0.2, -0.15) is 5.10 Å². The van der Waals surface area contributed by atoms with Crippen LogP contribution >= 0.6 is 0 Å². The maximum absolute atomic E-state index is 12.5. The molecule has 0 spiro atoms. The zero-order valence-corrected chi connectivity index (χ0v) is 12.9. The second kappa shape index (κ2) is 5.00. The van der Waals surface area contributed by atoms with Gasteiger partial charge in [0.1, 0.15) is 6.04 Å². The molecule has 3 heterocycles. The van der Waals surface area contributed by atoms with Gasteiger partial charge in [-0.05, 0) is 0 Å². The quantitative estimate of drug-likeness (QED) is 0.447. The minimum absolute atomic E-state index is 0.0146. The number of aromatic nitrogens is 2. The number of hydrogen-bond acceptors (Lipinski definition) is 5. The van der Waals surface area contributed by atoms with Crippen LogP contribution in [0.2, 0.25) is 0 Å². The molecule has 0 aliphatic carbocycles. The molecule has 2 amide bonds. The average molecular weight is 306 g/mol. The molecule has 1 N–H and O–H groups in total. The molecule has 0 unspecified atom stereocenters. The SMILES string of the molecule is CN=C(NOC(C)=O)[C@@H]1c2c(cnn2C)[C@@H]2CN1C(=O)N2C. The van der Waals surface area contributed by atoms with Crippen LogP contribution in [0.3, 0.4) is 0 Å². The zero-order valence-electron chi connectivity index (χ0n) is 12.9. The van der Waals surface area contributed by atoms with E-state index < -0.39 is 12.0 Å². The Hall–Kier alpha value is -2.58. The van der Waals surface area contributed by atoms with Gasteiger partial charge in [0.25, 0.3) is 0 Å². The van der Waals surface area contributed by atoms with Crippen LogP contribution in [-0.4, -0.2) is 58.1 Å². The molecule has 9 nitrogen and oxygen atoms in total. The van der Waals surface area contributed by atoms with Crippen LogP contribution < -0.4 is 5.48 Å². The van der Waals surface area contributed by atoms with E-state index in [-0.39, 0.29) is 12.1 Å². The lowest BCUT2D eigenvalue weighted by Crippen LogP contribution is -2.44. The van der Waals surface area contributed by atoms with Crippen LogP contribution in [0.5, 0.6) is 0 Å². The summed E-state index contributed by atoms with van der Waals surface area (Å²) < 4.78 is 1.73. The number of aliphatic imine (C=N–C) groups is 1. The van der Waals surface area contributed by atoms with Crippen molar-refractivity contribution in [1.29, 1.82) is 0 Å². The van der Waals surface area contributed by atoms with Crippen LogP contribution in [-0.2, 0) is 16.7 Å². The highest BCUT2D eigenvalue weighted by Gasteiger charge is 2.49. The van der Waals surface area contributed by atoms with Gasteiger partial charge in [0.15, 0.2) is 5.84 Å². The normalized spacial score (nSPS) is 23.6. The summed E-state index contributed by atoms with van der Waals surface area (Å²) in [5.74, 6) is -0.0907. The maximum Gasteiger partial charge on any atom is 0.329 e. The van der Waals surface area contributed by atoms with Crippen molar-refractivity contribution in [3.63, 3.8) is 0 Å². The van der Waals surface area contributed by atoms with E-state index in [4.69, 9.17) is 4.84 Å². The Morgan fingerprint density at radius 1 is 1.50 bits per heavy atom. The Morgan fingerprint density at radius 3 is 2.86 bits per heavy atom. The summed E-state index contributed by atoms with van der Waals surface area (Å²) >= 11 is 0. The first-order chi connectivity index (χ1) is 10.5. The predicted molar refractivity (Wildman–Crippen MR) is 76.8 cm³/mol. The third kappa shape index (κ3) is 1.92. The van der Waals surface area contributed by atoms with Crippen LogP contribution in [0.4, 0.5) is 4.79 Å². The molecule has 22 heavy (non-hydrogen) atoms. The van der Waals surface area contributed by atoms with Crippen molar-refractivity contribution in [2.75, 3.05) is 20.6 Å². The van der Waals surface area contributed by atoms with E-state index >= 15 is 0 Å². The number of nitrogens with one attached hydrogen (secondary N) is 1. The van der Waals surface area contributed by atoms with Crippen molar-refractivity contribution in [2.45, 2.75) is 19.0 Å². The summed E-state index contributed by atoms with van der Waals surface area (Å²) in [5.41, 5.74) is 4.42. The molecule has 9 heteroatoms. The van der Waals surface area contributed by atoms with Crippen molar-refractivity contribution in [1.82, 2.24) is 25.1 Å². The molecule has 0 radical (unpaired) electrons. The number of amides is 2. The molecule has 3 rings (SSSR count). The number of fused-ring (bicyclic) bond motifs is 4. The van der Waals surface area contributed by atoms with Gasteiger partial charge < -0.3 is 14.6 Å². The van der Waals surface area contributed by atoms with Crippen molar-refractivity contribution >= 4 is 17.8 Å². The van der Waals surface area contributed by atoms with Gasteiger partial charge >= 0.3 is 12.0 Å². The second-order valence-corrected chi connectivity index (χ2v) is 5.38. The first kappa shape index (κ1) is 14.4. The number of aryl methyl sites for hydroxylation is 1. The molecule has 118 valence electrons. The Labute approximate surface area is 127 Å². The van der Waals surface area contributed by atoms with E-state index in [0.717, 1.165) is 11.3 Å². The fourth-order valence-corrected chi connectivity index (χ4v) is 3.07. The standard InChI is InChI=1S/C13H18N6O3/c1-7(20)22-16-12(14-2)11-10-8(5-15-18(10)4)9-6-19(11)13(21)17(9)3/h5,9,11H,6H2,1-4H3,(H,14,16)/t9-,11-/m0/s1. The lowest BCUT2D eigenvalue weighted by Gasteiger charge is -2.32. The van der Waals surface area contributed by atoms with Crippen LogP contribution in [0.15, 0.2) is 11.2 Å². The minimum atomic E-state index is -0.482. The Balaban J connectivity index is 2.04. The fourth-order valence-electron chi connectivity index (χ4n) is 3.07. The van der Waals surface area contributed by atoms with Crippen LogP contribution in [0.1, 0.15) is 30.3 Å². The van der Waals surface area contributed by atoms with E-state index in [0.29, 0.717) is 12.4 Å². The number of carbonyl (C=O) groups excluding carboxylic acids is 2. The van der Waals surface area contributed by atoms with E-state index in [2.05, 4.69) is 15.6 Å². The summed E-state index contributed by atoms with van der Waals surface area (Å²) in [6, 6.07) is -0.559. The number of hydroxylamine groups is 1. The van der Waals surface area contributed by atoms with Gasteiger partial charge in [-0.15, -0.1) is 0 Å². The maximum atomic E-state index is 12.5. The molecular weight excluding hydrogens is 288 g/mol. The molecular formula is C13H18N6O3. The number of likely N-dealkylation sites (N-methyl/N-ethyl adjacent to an activating group) is 1. The fraction of sp³-hybridized carbons (Fsp3) is 0.538. The van der Waals surface area contributed by atoms with Gasteiger partial charge in [0, 0.05) is 40.2 Å². The smallest absolute Gasteiger partial charge is 0.329 e. The molecule has 1 aromatic rings. The summed E-state index contributed by atoms with van der Waals surface area (Å²) in [7, 11) is 5.17. The van der Waals surface area contributed by atoms with Crippen molar-refractivity contribution < 1.29 is 14.4 Å². The highest BCUT2D eigenvalue weighted by Crippen LogP contribution is 2.42. The molecule has 0 saturated carbocycles. The lowest BCUT2D eigenvalue weighted by atomic mass is 9.97. The number of amidine groups is 1. The first-order valence-corrected chi connectivity index (χ1v) is 6.91. The Morgan fingerprint density at radius 2 is 2.23 bits per heavy atom. The molecule has 2 bridgehead atoms. The summed E-state index contributed by atoms with van der Waals surface area (Å²) in [6.45, 7) is 1.85. The number of rotatable bonds is 1.